The van der Waals surface area contributed by atoms with Gasteiger partial charge in [-0.15, -0.1) is 0 Å². The highest BCUT2D eigenvalue weighted by atomic mass is 35.5. The number of aryl methyl sites for hydroxylation is 3. The lowest BCUT2D eigenvalue weighted by Crippen LogP contribution is -2.50. The Bertz CT molecular complexity index is 888. The number of hydrogen-bond acceptors (Lipinski definition) is 3. The topological polar surface area (TPSA) is 58.6 Å². The van der Waals surface area contributed by atoms with Gasteiger partial charge < -0.3 is 15.0 Å². The molecule has 2 aromatic carbocycles. The normalized spacial score (nSPS) is 11.9. The molecule has 162 valence electrons. The second-order valence-corrected chi connectivity index (χ2v) is 8.39. The Balaban J connectivity index is 2.19. The average molecular weight is 431 g/mol. The second kappa shape index (κ2) is 10.5. The van der Waals surface area contributed by atoms with Crippen molar-refractivity contribution in [3.05, 3.63) is 63.7 Å². The summed E-state index contributed by atoms with van der Waals surface area (Å²) in [7, 11) is 0. The molecule has 2 rings (SSSR count). The zero-order valence-corrected chi connectivity index (χ0v) is 19.3. The van der Waals surface area contributed by atoms with Gasteiger partial charge in [-0.1, -0.05) is 41.4 Å². The highest BCUT2D eigenvalue weighted by Gasteiger charge is 2.27. The van der Waals surface area contributed by atoms with E-state index in [9.17, 15) is 9.59 Å². The molecule has 1 atom stereocenters. The number of nitrogens with zero attached hydrogens (tertiary/aromatic N) is 1. The maximum atomic E-state index is 13.1. The molecular formula is C24H31ClN2O3. The number of nitrogens with one attached hydrogen (secondary N) is 1. The summed E-state index contributed by atoms with van der Waals surface area (Å²) in [6.07, 6.45) is 0. The first-order chi connectivity index (χ1) is 14.1. The number of hydrogen-bond donors (Lipinski definition) is 1. The number of benzene rings is 2. The second-order valence-electron chi connectivity index (χ2n) is 8.01. The van der Waals surface area contributed by atoms with E-state index in [1.807, 2.05) is 71.0 Å². The van der Waals surface area contributed by atoms with Crippen LogP contribution in [0.25, 0.3) is 0 Å². The van der Waals surface area contributed by atoms with E-state index in [-0.39, 0.29) is 24.5 Å². The molecule has 0 spiro atoms. The molecule has 1 N–H and O–H groups in total. The van der Waals surface area contributed by atoms with Crippen molar-refractivity contribution in [3.8, 4) is 5.75 Å². The summed E-state index contributed by atoms with van der Waals surface area (Å²) >= 11 is 6.21. The van der Waals surface area contributed by atoms with E-state index >= 15 is 0 Å². The van der Waals surface area contributed by atoms with Crippen LogP contribution in [0.5, 0.6) is 5.75 Å². The smallest absolute Gasteiger partial charge is 0.261 e. The first kappa shape index (κ1) is 23.7. The molecule has 0 aliphatic carbocycles. The molecule has 0 unspecified atom stereocenters. The maximum absolute atomic E-state index is 13.1. The summed E-state index contributed by atoms with van der Waals surface area (Å²) in [6.45, 7) is 11.5. The third-order valence-electron chi connectivity index (χ3n) is 4.81. The van der Waals surface area contributed by atoms with Gasteiger partial charge in [0.2, 0.25) is 5.91 Å². The first-order valence-electron chi connectivity index (χ1n) is 10.1. The largest absolute Gasteiger partial charge is 0.484 e. The van der Waals surface area contributed by atoms with E-state index in [1.165, 1.54) is 0 Å². The molecule has 2 aromatic rings. The van der Waals surface area contributed by atoms with Crippen molar-refractivity contribution >= 4 is 23.4 Å². The van der Waals surface area contributed by atoms with Crippen molar-refractivity contribution in [2.75, 3.05) is 6.61 Å². The van der Waals surface area contributed by atoms with Gasteiger partial charge in [0, 0.05) is 17.6 Å². The molecule has 0 aliphatic rings. The third kappa shape index (κ3) is 6.49. The molecular weight excluding hydrogens is 400 g/mol. The highest BCUT2D eigenvalue weighted by molar-refractivity contribution is 6.32. The fourth-order valence-corrected chi connectivity index (χ4v) is 3.32. The van der Waals surface area contributed by atoms with Gasteiger partial charge in [0.25, 0.3) is 5.91 Å². The highest BCUT2D eigenvalue weighted by Crippen LogP contribution is 2.26. The van der Waals surface area contributed by atoms with Crippen LogP contribution in [-0.2, 0) is 16.1 Å². The van der Waals surface area contributed by atoms with Gasteiger partial charge in [0.1, 0.15) is 11.8 Å². The SMILES string of the molecule is Cc1cccc(CN(C(=O)COc2cc(C)c(Cl)c(C)c2)[C@@H](C)C(=O)NC(C)C)c1. The summed E-state index contributed by atoms with van der Waals surface area (Å²) in [6, 6.07) is 10.9. The molecule has 30 heavy (non-hydrogen) atoms. The number of ether oxygens (including phenoxy) is 1. The molecule has 0 fully saturated rings. The van der Waals surface area contributed by atoms with Crippen molar-refractivity contribution in [1.29, 1.82) is 0 Å². The molecule has 6 heteroatoms. The van der Waals surface area contributed by atoms with Crippen LogP contribution in [0.4, 0.5) is 0 Å². The zero-order valence-electron chi connectivity index (χ0n) is 18.6. The summed E-state index contributed by atoms with van der Waals surface area (Å²) in [5.41, 5.74) is 3.84. The molecule has 0 saturated carbocycles. The number of halogens is 1. The van der Waals surface area contributed by atoms with Crippen LogP contribution in [0.2, 0.25) is 5.02 Å². The molecule has 5 nitrogen and oxygen atoms in total. The predicted molar refractivity (Wildman–Crippen MR) is 121 cm³/mol. The van der Waals surface area contributed by atoms with Crippen LogP contribution in [0.1, 0.15) is 43.0 Å². The summed E-state index contributed by atoms with van der Waals surface area (Å²) in [4.78, 5) is 27.2. The van der Waals surface area contributed by atoms with E-state index < -0.39 is 6.04 Å². The van der Waals surface area contributed by atoms with Crippen molar-refractivity contribution in [3.63, 3.8) is 0 Å². The molecule has 0 aromatic heterocycles. The quantitative estimate of drug-likeness (QED) is 0.666. The van der Waals surface area contributed by atoms with E-state index in [1.54, 1.807) is 11.8 Å². The van der Waals surface area contributed by atoms with Crippen LogP contribution in [0.3, 0.4) is 0 Å². The van der Waals surface area contributed by atoms with E-state index in [0.29, 0.717) is 17.3 Å². The summed E-state index contributed by atoms with van der Waals surface area (Å²) in [5, 5.41) is 3.57. The predicted octanol–water partition coefficient (Wildman–Crippen LogP) is 4.59. The number of rotatable bonds is 8. The molecule has 0 aliphatic heterocycles. The Labute approximate surface area is 184 Å². The number of carbonyl (C=O) groups is 2. The lowest BCUT2D eigenvalue weighted by Gasteiger charge is -2.29. The molecule has 0 heterocycles. The maximum Gasteiger partial charge on any atom is 0.261 e. The minimum absolute atomic E-state index is 0.00728. The van der Waals surface area contributed by atoms with Gasteiger partial charge in [-0.3, -0.25) is 9.59 Å². The molecule has 2 amide bonds. The number of carbonyl (C=O) groups excluding carboxylic acids is 2. The summed E-state index contributed by atoms with van der Waals surface area (Å²) < 4.78 is 5.76. The minimum atomic E-state index is -0.627. The van der Waals surface area contributed by atoms with E-state index in [2.05, 4.69) is 5.32 Å². The van der Waals surface area contributed by atoms with E-state index in [4.69, 9.17) is 16.3 Å². The molecule has 0 saturated heterocycles. The zero-order chi connectivity index (χ0) is 22.4. The summed E-state index contributed by atoms with van der Waals surface area (Å²) in [5.74, 6) is 0.134. The number of amides is 2. The monoisotopic (exact) mass is 430 g/mol. The van der Waals surface area contributed by atoms with Crippen LogP contribution in [0, 0.1) is 20.8 Å². The third-order valence-corrected chi connectivity index (χ3v) is 5.40. The lowest BCUT2D eigenvalue weighted by atomic mass is 10.1. The lowest BCUT2D eigenvalue weighted by molar-refractivity contribution is -0.142. The van der Waals surface area contributed by atoms with Gasteiger partial charge in [0.05, 0.1) is 0 Å². The first-order valence-corrected chi connectivity index (χ1v) is 10.5. The van der Waals surface area contributed by atoms with E-state index in [0.717, 1.165) is 22.3 Å². The van der Waals surface area contributed by atoms with Gasteiger partial charge in [0.15, 0.2) is 6.61 Å². The Hall–Kier alpha value is -2.53. The van der Waals surface area contributed by atoms with Gasteiger partial charge >= 0.3 is 0 Å². The van der Waals surface area contributed by atoms with Crippen LogP contribution >= 0.6 is 11.6 Å². The van der Waals surface area contributed by atoms with Gasteiger partial charge in [-0.2, -0.15) is 0 Å². The Morgan fingerprint density at radius 1 is 1.07 bits per heavy atom. The van der Waals surface area contributed by atoms with Gasteiger partial charge in [-0.25, -0.2) is 0 Å². The average Bonchev–Trinajstić information content (AvgIpc) is 2.67. The standard InChI is InChI=1S/C24H31ClN2O3/c1-15(2)26-24(29)19(6)27(13-20-9-7-8-16(3)10-20)22(28)14-30-21-11-17(4)23(25)18(5)12-21/h7-12,15,19H,13-14H2,1-6H3,(H,26,29)/t19-/m0/s1. The molecule has 0 bridgehead atoms. The Kier molecular flexibility index (Phi) is 8.30. The Morgan fingerprint density at radius 3 is 2.27 bits per heavy atom. The van der Waals surface area contributed by atoms with Crippen LogP contribution < -0.4 is 10.1 Å². The van der Waals surface area contributed by atoms with Crippen LogP contribution in [-0.4, -0.2) is 35.4 Å². The van der Waals surface area contributed by atoms with Crippen molar-refractivity contribution < 1.29 is 14.3 Å². The van der Waals surface area contributed by atoms with Crippen molar-refractivity contribution in [1.82, 2.24) is 10.2 Å². The molecule has 0 radical (unpaired) electrons. The fourth-order valence-electron chi connectivity index (χ4n) is 3.21. The Morgan fingerprint density at radius 2 is 1.70 bits per heavy atom. The van der Waals surface area contributed by atoms with Crippen LogP contribution in [0.15, 0.2) is 36.4 Å². The minimum Gasteiger partial charge on any atom is -0.484 e. The fraction of sp³-hybridized carbons (Fsp3) is 0.417. The van der Waals surface area contributed by atoms with Crippen molar-refractivity contribution in [2.24, 2.45) is 0 Å². The van der Waals surface area contributed by atoms with Gasteiger partial charge in [-0.05, 0) is 70.4 Å². The van der Waals surface area contributed by atoms with Crippen molar-refractivity contribution in [2.45, 2.75) is 60.2 Å².